The van der Waals surface area contributed by atoms with Gasteiger partial charge in [-0.05, 0) is 49.4 Å². The van der Waals surface area contributed by atoms with Crippen molar-refractivity contribution >= 4 is 43.7 Å². The van der Waals surface area contributed by atoms with Gasteiger partial charge < -0.3 is 8.98 Å². The molecule has 0 bridgehead atoms. The third-order valence-electron chi connectivity index (χ3n) is 5.44. The SMILES string of the molecule is Cc1ccc2c(c1)c1c3oc4ccccc4c3ccc1n2-c1ccccc1. The highest BCUT2D eigenvalue weighted by atomic mass is 16.3. The number of benzene rings is 4. The van der Waals surface area contributed by atoms with E-state index in [9.17, 15) is 0 Å². The highest BCUT2D eigenvalue weighted by molar-refractivity contribution is 6.23. The first kappa shape index (κ1) is 14.6. The maximum atomic E-state index is 6.35. The van der Waals surface area contributed by atoms with Crippen LogP contribution in [0.1, 0.15) is 5.56 Å². The molecule has 0 saturated carbocycles. The summed E-state index contributed by atoms with van der Waals surface area (Å²) < 4.78 is 8.68. The number of para-hydroxylation sites is 2. The van der Waals surface area contributed by atoms with Crippen molar-refractivity contribution in [1.82, 2.24) is 4.57 Å². The lowest BCUT2D eigenvalue weighted by Gasteiger charge is -2.07. The molecule has 0 aliphatic rings. The fourth-order valence-corrected chi connectivity index (χ4v) is 4.26. The summed E-state index contributed by atoms with van der Waals surface area (Å²) in [5, 5.41) is 4.76. The van der Waals surface area contributed by atoms with E-state index < -0.39 is 0 Å². The van der Waals surface area contributed by atoms with Crippen molar-refractivity contribution in [3.05, 3.63) is 90.5 Å². The quantitative estimate of drug-likeness (QED) is 0.313. The van der Waals surface area contributed by atoms with Gasteiger partial charge in [-0.2, -0.15) is 0 Å². The van der Waals surface area contributed by atoms with Crippen LogP contribution in [0.25, 0.3) is 49.4 Å². The Kier molecular flexibility index (Phi) is 2.84. The van der Waals surface area contributed by atoms with Gasteiger partial charge in [-0.1, -0.05) is 48.0 Å². The summed E-state index contributed by atoms with van der Waals surface area (Å²) in [6.45, 7) is 2.14. The van der Waals surface area contributed by atoms with E-state index in [1.54, 1.807) is 0 Å². The van der Waals surface area contributed by atoms with Crippen LogP contribution in [-0.2, 0) is 0 Å². The lowest BCUT2D eigenvalue weighted by atomic mass is 10.1. The Morgan fingerprint density at radius 3 is 2.33 bits per heavy atom. The Morgan fingerprint density at radius 2 is 1.44 bits per heavy atom. The molecular weight excluding hydrogens is 330 g/mol. The molecule has 0 spiro atoms. The van der Waals surface area contributed by atoms with Gasteiger partial charge >= 0.3 is 0 Å². The Bertz CT molecular complexity index is 1470. The standard InChI is InChI=1S/C25H17NO/c1-16-11-13-21-20(15-16)24-22(26(21)17-7-3-2-4-8-17)14-12-19-18-9-5-6-10-23(18)27-25(19)24/h2-15H,1H3. The molecule has 0 radical (unpaired) electrons. The normalized spacial score (nSPS) is 11.9. The Hall–Kier alpha value is -3.52. The molecule has 0 fully saturated rings. The third-order valence-corrected chi connectivity index (χ3v) is 5.44. The van der Waals surface area contributed by atoms with Crippen LogP contribution in [0.5, 0.6) is 0 Å². The van der Waals surface area contributed by atoms with Gasteiger partial charge in [0.05, 0.1) is 16.4 Å². The highest BCUT2D eigenvalue weighted by Gasteiger charge is 2.18. The first-order valence-electron chi connectivity index (χ1n) is 9.22. The number of rotatable bonds is 1. The number of hydrogen-bond donors (Lipinski definition) is 0. The van der Waals surface area contributed by atoms with E-state index >= 15 is 0 Å². The predicted octanol–water partition coefficient (Wildman–Crippen LogP) is 6.99. The highest BCUT2D eigenvalue weighted by Crippen LogP contribution is 2.40. The fourth-order valence-electron chi connectivity index (χ4n) is 4.26. The van der Waals surface area contributed by atoms with Crippen LogP contribution in [0.2, 0.25) is 0 Å². The van der Waals surface area contributed by atoms with Gasteiger partial charge in [0, 0.05) is 21.8 Å². The summed E-state index contributed by atoms with van der Waals surface area (Å²) in [6.07, 6.45) is 0. The Balaban J connectivity index is 1.89. The van der Waals surface area contributed by atoms with Gasteiger partial charge in [0.15, 0.2) is 0 Å². The second-order valence-corrected chi connectivity index (χ2v) is 7.13. The number of aromatic nitrogens is 1. The van der Waals surface area contributed by atoms with Crippen molar-refractivity contribution < 1.29 is 4.42 Å². The molecule has 2 nitrogen and oxygen atoms in total. The summed E-state index contributed by atoms with van der Waals surface area (Å²) in [5.41, 5.74) is 6.70. The van der Waals surface area contributed by atoms with Crippen molar-refractivity contribution in [2.75, 3.05) is 0 Å². The largest absolute Gasteiger partial charge is 0.455 e. The smallest absolute Gasteiger partial charge is 0.145 e. The maximum Gasteiger partial charge on any atom is 0.145 e. The van der Waals surface area contributed by atoms with E-state index in [1.807, 2.05) is 12.1 Å². The topological polar surface area (TPSA) is 18.1 Å². The van der Waals surface area contributed by atoms with Gasteiger partial charge in [-0.15, -0.1) is 0 Å². The first-order valence-corrected chi connectivity index (χ1v) is 9.22. The second-order valence-electron chi connectivity index (χ2n) is 7.13. The zero-order chi connectivity index (χ0) is 18.0. The molecule has 0 atom stereocenters. The van der Waals surface area contributed by atoms with E-state index in [1.165, 1.54) is 38.1 Å². The molecule has 0 aliphatic carbocycles. The number of aryl methyl sites for hydroxylation is 1. The molecule has 2 heteroatoms. The van der Waals surface area contributed by atoms with Crippen LogP contribution in [0.15, 0.2) is 89.3 Å². The first-order chi connectivity index (χ1) is 13.3. The maximum absolute atomic E-state index is 6.35. The van der Waals surface area contributed by atoms with Gasteiger partial charge in [0.25, 0.3) is 0 Å². The Labute approximate surface area is 156 Å². The van der Waals surface area contributed by atoms with Crippen LogP contribution in [0.3, 0.4) is 0 Å². The molecule has 6 aromatic rings. The van der Waals surface area contributed by atoms with Crippen molar-refractivity contribution in [3.63, 3.8) is 0 Å². The molecule has 6 rings (SSSR count). The molecule has 128 valence electrons. The lowest BCUT2D eigenvalue weighted by molar-refractivity contribution is 0.673. The van der Waals surface area contributed by atoms with Crippen molar-refractivity contribution in [2.45, 2.75) is 6.92 Å². The van der Waals surface area contributed by atoms with Crippen LogP contribution in [0.4, 0.5) is 0 Å². The summed E-state index contributed by atoms with van der Waals surface area (Å²) in [7, 11) is 0. The summed E-state index contributed by atoms with van der Waals surface area (Å²) in [6, 6.07) is 29.9. The number of fused-ring (bicyclic) bond motifs is 7. The van der Waals surface area contributed by atoms with E-state index in [2.05, 4.69) is 84.3 Å². The predicted molar refractivity (Wildman–Crippen MR) is 113 cm³/mol. The van der Waals surface area contributed by atoms with Crippen LogP contribution in [-0.4, -0.2) is 4.57 Å². The zero-order valence-corrected chi connectivity index (χ0v) is 14.9. The van der Waals surface area contributed by atoms with Crippen molar-refractivity contribution in [2.24, 2.45) is 0 Å². The molecule has 0 N–H and O–H groups in total. The van der Waals surface area contributed by atoms with Gasteiger partial charge in [0.1, 0.15) is 11.2 Å². The van der Waals surface area contributed by atoms with Crippen molar-refractivity contribution in [1.29, 1.82) is 0 Å². The average molecular weight is 347 g/mol. The van der Waals surface area contributed by atoms with E-state index in [0.717, 1.165) is 16.9 Å². The summed E-state index contributed by atoms with van der Waals surface area (Å²) in [4.78, 5) is 0. The van der Waals surface area contributed by atoms with E-state index in [-0.39, 0.29) is 0 Å². The fraction of sp³-hybridized carbons (Fsp3) is 0.0400. The van der Waals surface area contributed by atoms with Crippen LogP contribution in [0, 0.1) is 6.92 Å². The minimum atomic E-state index is 0.938. The molecule has 0 aliphatic heterocycles. The monoisotopic (exact) mass is 347 g/mol. The zero-order valence-electron chi connectivity index (χ0n) is 14.9. The molecule has 27 heavy (non-hydrogen) atoms. The number of furan rings is 1. The van der Waals surface area contributed by atoms with Gasteiger partial charge in [-0.25, -0.2) is 0 Å². The lowest BCUT2D eigenvalue weighted by Crippen LogP contribution is -1.92. The van der Waals surface area contributed by atoms with E-state index in [4.69, 9.17) is 4.42 Å². The Morgan fingerprint density at radius 1 is 0.667 bits per heavy atom. The van der Waals surface area contributed by atoms with Crippen molar-refractivity contribution in [3.8, 4) is 5.69 Å². The molecule has 0 amide bonds. The van der Waals surface area contributed by atoms with Gasteiger partial charge in [-0.3, -0.25) is 0 Å². The molecule has 0 unspecified atom stereocenters. The average Bonchev–Trinajstić information content (AvgIpc) is 3.23. The van der Waals surface area contributed by atoms with Crippen LogP contribution < -0.4 is 0 Å². The van der Waals surface area contributed by atoms with Gasteiger partial charge in [0.2, 0.25) is 0 Å². The second kappa shape index (κ2) is 5.24. The molecule has 4 aromatic carbocycles. The third kappa shape index (κ3) is 1.95. The number of hydrogen-bond acceptors (Lipinski definition) is 1. The molecular formula is C25H17NO. The number of nitrogens with zero attached hydrogens (tertiary/aromatic N) is 1. The summed E-state index contributed by atoms with van der Waals surface area (Å²) >= 11 is 0. The minimum Gasteiger partial charge on any atom is -0.455 e. The molecule has 2 heterocycles. The van der Waals surface area contributed by atoms with E-state index in [0.29, 0.717) is 0 Å². The molecule has 0 saturated heterocycles. The summed E-state index contributed by atoms with van der Waals surface area (Å²) in [5.74, 6) is 0. The van der Waals surface area contributed by atoms with Crippen LogP contribution >= 0.6 is 0 Å². The molecule has 2 aromatic heterocycles. The minimum absolute atomic E-state index is 0.938.